The van der Waals surface area contributed by atoms with Crippen LogP contribution in [-0.2, 0) is 9.59 Å². The van der Waals surface area contributed by atoms with Crippen molar-refractivity contribution in [3.05, 3.63) is 34.9 Å². The van der Waals surface area contributed by atoms with Crippen LogP contribution >= 0.6 is 11.6 Å². The van der Waals surface area contributed by atoms with Crippen molar-refractivity contribution in [1.29, 1.82) is 0 Å². The molecule has 1 aromatic carbocycles. The molecule has 0 unspecified atom stereocenters. The van der Waals surface area contributed by atoms with E-state index in [1.165, 1.54) is 0 Å². The first-order chi connectivity index (χ1) is 13.1. The molecular formula is C22H33ClN2O3. The minimum Gasteiger partial charge on any atom is -0.391 e. The number of aliphatic hydroxyl groups is 1. The van der Waals surface area contributed by atoms with Gasteiger partial charge in [0.1, 0.15) is 0 Å². The van der Waals surface area contributed by atoms with Crippen LogP contribution in [0.25, 0.3) is 0 Å². The second kappa shape index (κ2) is 9.27. The van der Waals surface area contributed by atoms with Gasteiger partial charge in [0.25, 0.3) is 0 Å². The first-order valence-electron chi connectivity index (χ1n) is 10.1. The summed E-state index contributed by atoms with van der Waals surface area (Å²) >= 11 is 6.04. The van der Waals surface area contributed by atoms with Crippen molar-refractivity contribution >= 4 is 23.4 Å². The number of amides is 2. The van der Waals surface area contributed by atoms with Crippen LogP contribution in [0.3, 0.4) is 0 Å². The number of nitrogens with one attached hydrogen (secondary N) is 1. The van der Waals surface area contributed by atoms with E-state index in [0.29, 0.717) is 17.9 Å². The molecule has 156 valence electrons. The van der Waals surface area contributed by atoms with E-state index < -0.39 is 11.5 Å². The van der Waals surface area contributed by atoms with Gasteiger partial charge in [-0.3, -0.25) is 9.59 Å². The second-order valence-corrected chi connectivity index (χ2v) is 8.93. The van der Waals surface area contributed by atoms with Crippen molar-refractivity contribution in [1.82, 2.24) is 10.2 Å². The summed E-state index contributed by atoms with van der Waals surface area (Å²) in [5.74, 6) is -0.175. The zero-order valence-electron chi connectivity index (χ0n) is 17.5. The number of nitrogens with zero attached hydrogens (tertiary/aromatic N) is 1. The molecule has 2 N–H and O–H groups in total. The molecule has 0 bridgehead atoms. The van der Waals surface area contributed by atoms with E-state index >= 15 is 0 Å². The van der Waals surface area contributed by atoms with Crippen LogP contribution in [0.4, 0.5) is 0 Å². The Morgan fingerprint density at radius 3 is 2.43 bits per heavy atom. The zero-order chi connectivity index (χ0) is 21.1. The van der Waals surface area contributed by atoms with Crippen molar-refractivity contribution in [3.8, 4) is 0 Å². The van der Waals surface area contributed by atoms with Gasteiger partial charge in [0, 0.05) is 17.5 Å². The summed E-state index contributed by atoms with van der Waals surface area (Å²) in [5.41, 5.74) is 0.232. The molecule has 1 aromatic rings. The minimum atomic E-state index is -0.774. The quantitative estimate of drug-likeness (QED) is 0.714. The lowest BCUT2D eigenvalue weighted by atomic mass is 9.73. The topological polar surface area (TPSA) is 69.6 Å². The molecule has 0 spiro atoms. The molecule has 28 heavy (non-hydrogen) atoms. The SMILES string of the molecule is CC[C@@H]([C@H](C)O)N1C(=O)[C@@](C)(CC(=O)NC(C)C)CC[C@H]1c1ccc(Cl)cc1. The Labute approximate surface area is 173 Å². The molecule has 1 aliphatic rings. The van der Waals surface area contributed by atoms with Gasteiger partial charge in [0.15, 0.2) is 0 Å². The first kappa shape index (κ1) is 22.7. The third kappa shape index (κ3) is 5.06. The summed E-state index contributed by atoms with van der Waals surface area (Å²) in [5, 5.41) is 13.9. The number of aliphatic hydroxyl groups excluding tert-OH is 1. The molecule has 0 aromatic heterocycles. The summed E-state index contributed by atoms with van der Waals surface area (Å²) < 4.78 is 0. The molecule has 6 heteroatoms. The van der Waals surface area contributed by atoms with Gasteiger partial charge in [-0.05, 0) is 57.7 Å². The maximum absolute atomic E-state index is 13.6. The average Bonchev–Trinajstić information content (AvgIpc) is 2.59. The molecule has 0 saturated carbocycles. The molecule has 1 fully saturated rings. The van der Waals surface area contributed by atoms with Gasteiger partial charge in [-0.1, -0.05) is 37.6 Å². The predicted molar refractivity (Wildman–Crippen MR) is 112 cm³/mol. The van der Waals surface area contributed by atoms with Crippen molar-refractivity contribution in [2.24, 2.45) is 5.41 Å². The largest absolute Gasteiger partial charge is 0.391 e. The van der Waals surface area contributed by atoms with E-state index in [0.717, 1.165) is 12.0 Å². The van der Waals surface area contributed by atoms with E-state index in [2.05, 4.69) is 5.32 Å². The fourth-order valence-electron chi connectivity index (χ4n) is 4.21. The smallest absolute Gasteiger partial charge is 0.229 e. The fourth-order valence-corrected chi connectivity index (χ4v) is 4.34. The number of piperidine rings is 1. The van der Waals surface area contributed by atoms with Crippen LogP contribution in [0.15, 0.2) is 24.3 Å². The number of carbonyl (C=O) groups is 2. The molecule has 0 aliphatic carbocycles. The maximum Gasteiger partial charge on any atom is 0.229 e. The third-order valence-electron chi connectivity index (χ3n) is 5.64. The number of hydrogen-bond acceptors (Lipinski definition) is 3. The number of likely N-dealkylation sites (tertiary alicyclic amines) is 1. The summed E-state index contributed by atoms with van der Waals surface area (Å²) in [4.78, 5) is 27.8. The van der Waals surface area contributed by atoms with E-state index in [9.17, 15) is 14.7 Å². The highest BCUT2D eigenvalue weighted by Gasteiger charge is 2.48. The molecule has 5 nitrogen and oxygen atoms in total. The van der Waals surface area contributed by atoms with Crippen LogP contribution in [-0.4, -0.2) is 40.0 Å². The standard InChI is InChI=1S/C22H33ClN2O3/c1-6-18(15(4)26)25-19(16-7-9-17(23)10-8-16)11-12-22(5,21(25)28)13-20(27)24-14(2)3/h7-10,14-15,18-19,26H,6,11-13H2,1-5H3,(H,24,27)/t15-,18-,19-,22+/m0/s1. The number of benzene rings is 1. The normalized spacial score (nSPS) is 24.9. The van der Waals surface area contributed by atoms with Gasteiger partial charge in [-0.2, -0.15) is 0 Å². The monoisotopic (exact) mass is 408 g/mol. The Balaban J connectivity index is 2.37. The van der Waals surface area contributed by atoms with E-state index in [4.69, 9.17) is 11.6 Å². The van der Waals surface area contributed by atoms with Crippen molar-refractivity contribution < 1.29 is 14.7 Å². The summed E-state index contributed by atoms with van der Waals surface area (Å²) in [6, 6.07) is 7.13. The fraction of sp³-hybridized carbons (Fsp3) is 0.636. The van der Waals surface area contributed by atoms with Crippen molar-refractivity contribution in [2.45, 2.75) is 84.5 Å². The lowest BCUT2D eigenvalue weighted by Gasteiger charge is -2.48. The molecule has 1 heterocycles. The van der Waals surface area contributed by atoms with E-state index in [-0.39, 0.29) is 36.4 Å². The molecular weight excluding hydrogens is 376 g/mol. The van der Waals surface area contributed by atoms with Crippen LogP contribution in [0.2, 0.25) is 5.02 Å². The van der Waals surface area contributed by atoms with Crippen molar-refractivity contribution in [2.75, 3.05) is 0 Å². The number of hydrogen-bond donors (Lipinski definition) is 2. The summed E-state index contributed by atoms with van der Waals surface area (Å²) in [7, 11) is 0. The highest BCUT2D eigenvalue weighted by molar-refractivity contribution is 6.30. The van der Waals surface area contributed by atoms with Gasteiger partial charge in [0.2, 0.25) is 11.8 Å². The van der Waals surface area contributed by atoms with Gasteiger partial charge in [-0.25, -0.2) is 0 Å². The van der Waals surface area contributed by atoms with Gasteiger partial charge in [0.05, 0.1) is 23.6 Å². The van der Waals surface area contributed by atoms with E-state index in [1.54, 1.807) is 6.92 Å². The van der Waals surface area contributed by atoms with Gasteiger partial charge < -0.3 is 15.3 Å². The molecule has 1 aliphatic heterocycles. The van der Waals surface area contributed by atoms with Crippen molar-refractivity contribution in [3.63, 3.8) is 0 Å². The molecule has 2 amide bonds. The van der Waals surface area contributed by atoms with Crippen LogP contribution in [0, 0.1) is 5.41 Å². The maximum atomic E-state index is 13.6. The lowest BCUT2D eigenvalue weighted by Crippen LogP contribution is -2.56. The molecule has 0 radical (unpaired) electrons. The van der Waals surface area contributed by atoms with Gasteiger partial charge >= 0.3 is 0 Å². The first-order valence-corrected chi connectivity index (χ1v) is 10.5. The average molecular weight is 409 g/mol. The number of carbonyl (C=O) groups excluding carboxylic acids is 2. The zero-order valence-corrected chi connectivity index (χ0v) is 18.3. The number of halogens is 1. The molecule has 4 atom stereocenters. The third-order valence-corrected chi connectivity index (χ3v) is 5.90. The van der Waals surface area contributed by atoms with Crippen LogP contribution < -0.4 is 5.32 Å². The highest BCUT2D eigenvalue weighted by atomic mass is 35.5. The summed E-state index contributed by atoms with van der Waals surface area (Å²) in [6.07, 6.45) is 1.50. The predicted octanol–water partition coefficient (Wildman–Crippen LogP) is 4.08. The van der Waals surface area contributed by atoms with Gasteiger partial charge in [-0.15, -0.1) is 0 Å². The Hall–Kier alpha value is -1.59. The Morgan fingerprint density at radius 2 is 1.93 bits per heavy atom. The highest BCUT2D eigenvalue weighted by Crippen LogP contribution is 2.44. The number of rotatable bonds is 7. The van der Waals surface area contributed by atoms with Crippen LogP contribution in [0.5, 0.6) is 0 Å². The van der Waals surface area contributed by atoms with E-state index in [1.807, 2.05) is 56.9 Å². The lowest BCUT2D eigenvalue weighted by molar-refractivity contribution is -0.159. The minimum absolute atomic E-state index is 0.0357. The Kier molecular flexibility index (Phi) is 7.52. The molecule has 1 saturated heterocycles. The van der Waals surface area contributed by atoms with Crippen LogP contribution in [0.1, 0.15) is 71.9 Å². The Bertz CT molecular complexity index is 690. The Morgan fingerprint density at radius 1 is 1.32 bits per heavy atom. The summed E-state index contributed by atoms with van der Waals surface area (Å²) in [6.45, 7) is 9.38. The second-order valence-electron chi connectivity index (χ2n) is 8.49. The molecule has 2 rings (SSSR count).